The summed E-state index contributed by atoms with van der Waals surface area (Å²) in [5.41, 5.74) is 0.684. The van der Waals surface area contributed by atoms with Gasteiger partial charge in [0.05, 0.1) is 12.0 Å². The van der Waals surface area contributed by atoms with Crippen molar-refractivity contribution in [3.63, 3.8) is 0 Å². The zero-order chi connectivity index (χ0) is 14.6. The second kappa shape index (κ2) is 6.07. The highest BCUT2D eigenvalue weighted by Crippen LogP contribution is 2.49. The molecule has 0 aliphatic heterocycles. The molecule has 2 amide bonds. The van der Waals surface area contributed by atoms with Gasteiger partial charge in [-0.15, -0.1) is 0 Å². The lowest BCUT2D eigenvalue weighted by Gasteiger charge is -2.26. The molecule has 2 rings (SSSR count). The second-order valence-corrected chi connectivity index (χ2v) is 5.22. The Hall–Kier alpha value is -1.84. The van der Waals surface area contributed by atoms with Crippen LogP contribution in [0.1, 0.15) is 32.3 Å². The quantitative estimate of drug-likeness (QED) is 0.858. The van der Waals surface area contributed by atoms with Crippen LogP contribution in [0.5, 0.6) is 0 Å². The summed E-state index contributed by atoms with van der Waals surface area (Å²) in [6.45, 7) is 5.09. The molecule has 1 aromatic rings. The zero-order valence-corrected chi connectivity index (χ0v) is 12.2. The van der Waals surface area contributed by atoms with Crippen molar-refractivity contribution in [1.29, 1.82) is 0 Å². The van der Waals surface area contributed by atoms with Crippen molar-refractivity contribution in [3.8, 4) is 0 Å². The first-order chi connectivity index (χ1) is 9.64. The van der Waals surface area contributed by atoms with Crippen molar-refractivity contribution in [3.05, 3.63) is 35.9 Å². The predicted molar refractivity (Wildman–Crippen MR) is 78.3 cm³/mol. The van der Waals surface area contributed by atoms with E-state index in [0.717, 1.165) is 18.4 Å². The van der Waals surface area contributed by atoms with Crippen molar-refractivity contribution >= 4 is 11.8 Å². The normalized spacial score (nSPS) is 15.5. The first kappa shape index (κ1) is 14.6. The van der Waals surface area contributed by atoms with Crippen LogP contribution in [0, 0.1) is 0 Å². The number of nitrogens with zero attached hydrogens (tertiary/aromatic N) is 1. The summed E-state index contributed by atoms with van der Waals surface area (Å²) in [5.74, 6) is -0.0102. The molecule has 1 saturated carbocycles. The highest BCUT2D eigenvalue weighted by atomic mass is 16.2. The van der Waals surface area contributed by atoms with Crippen LogP contribution in [0.15, 0.2) is 30.3 Å². The van der Waals surface area contributed by atoms with Gasteiger partial charge in [0.2, 0.25) is 11.8 Å². The average molecular weight is 274 g/mol. The van der Waals surface area contributed by atoms with E-state index in [2.05, 4.69) is 5.32 Å². The fourth-order valence-corrected chi connectivity index (χ4v) is 2.56. The fraction of sp³-hybridized carbons (Fsp3) is 0.500. The van der Waals surface area contributed by atoms with Gasteiger partial charge in [-0.2, -0.15) is 0 Å². The molecule has 20 heavy (non-hydrogen) atoms. The number of carbonyl (C=O) groups excluding carboxylic acids is 2. The third kappa shape index (κ3) is 2.84. The summed E-state index contributed by atoms with van der Waals surface area (Å²) in [6.07, 6.45) is 1.75. The molecule has 1 aromatic carbocycles. The summed E-state index contributed by atoms with van der Waals surface area (Å²) in [4.78, 5) is 26.1. The van der Waals surface area contributed by atoms with Gasteiger partial charge in [-0.3, -0.25) is 9.59 Å². The summed E-state index contributed by atoms with van der Waals surface area (Å²) in [6, 6.07) is 9.89. The van der Waals surface area contributed by atoms with Gasteiger partial charge in [0, 0.05) is 13.1 Å². The van der Waals surface area contributed by atoms with Crippen LogP contribution in [-0.2, 0) is 15.0 Å². The van der Waals surface area contributed by atoms with E-state index in [1.165, 1.54) is 0 Å². The molecule has 0 spiro atoms. The number of likely N-dealkylation sites (N-methyl/N-ethyl adjacent to an activating group) is 2. The molecular formula is C16H22N2O2. The van der Waals surface area contributed by atoms with Gasteiger partial charge in [-0.25, -0.2) is 0 Å². The predicted octanol–water partition coefficient (Wildman–Crippen LogP) is 1.70. The third-order valence-corrected chi connectivity index (χ3v) is 3.86. The minimum Gasteiger partial charge on any atom is -0.355 e. The van der Waals surface area contributed by atoms with Crippen LogP contribution in [0.2, 0.25) is 0 Å². The first-order valence-electron chi connectivity index (χ1n) is 7.25. The number of rotatable bonds is 6. The second-order valence-electron chi connectivity index (χ2n) is 5.22. The maximum absolute atomic E-state index is 12.7. The molecule has 1 fully saturated rings. The number of hydrogen-bond acceptors (Lipinski definition) is 2. The Morgan fingerprint density at radius 3 is 2.35 bits per heavy atom. The van der Waals surface area contributed by atoms with Crippen LogP contribution in [0.4, 0.5) is 0 Å². The summed E-state index contributed by atoms with van der Waals surface area (Å²) < 4.78 is 0. The highest BCUT2D eigenvalue weighted by Gasteiger charge is 2.52. The van der Waals surface area contributed by atoms with E-state index < -0.39 is 0 Å². The number of hydrogen-bond donors (Lipinski definition) is 1. The molecule has 0 radical (unpaired) electrons. The van der Waals surface area contributed by atoms with Gasteiger partial charge in [0.1, 0.15) is 0 Å². The molecule has 0 bridgehead atoms. The number of carbonyl (C=O) groups is 2. The average Bonchev–Trinajstić information content (AvgIpc) is 3.27. The summed E-state index contributed by atoms with van der Waals surface area (Å²) in [7, 11) is 0. The fourth-order valence-electron chi connectivity index (χ4n) is 2.56. The molecule has 0 atom stereocenters. The van der Waals surface area contributed by atoms with Crippen LogP contribution in [-0.4, -0.2) is 36.3 Å². The first-order valence-corrected chi connectivity index (χ1v) is 7.25. The SMILES string of the molecule is CCNC(=O)CN(CC)C(=O)C1(c2ccccc2)CC1. The topological polar surface area (TPSA) is 49.4 Å². The van der Waals surface area contributed by atoms with Crippen molar-refractivity contribution in [2.24, 2.45) is 0 Å². The molecule has 0 unspecified atom stereocenters. The monoisotopic (exact) mass is 274 g/mol. The van der Waals surface area contributed by atoms with Gasteiger partial charge < -0.3 is 10.2 Å². The number of amides is 2. The molecule has 108 valence electrons. The number of nitrogens with one attached hydrogen (secondary N) is 1. The standard InChI is InChI=1S/C16H22N2O2/c1-3-17-14(19)12-18(4-2)15(20)16(10-11-16)13-8-6-5-7-9-13/h5-9H,3-4,10-12H2,1-2H3,(H,17,19). The Kier molecular flexibility index (Phi) is 4.42. The van der Waals surface area contributed by atoms with Crippen molar-refractivity contribution in [2.45, 2.75) is 32.1 Å². The van der Waals surface area contributed by atoms with E-state index in [1.807, 2.05) is 44.2 Å². The van der Waals surface area contributed by atoms with Gasteiger partial charge in [0.25, 0.3) is 0 Å². The van der Waals surface area contributed by atoms with Gasteiger partial charge in [0.15, 0.2) is 0 Å². The molecule has 1 aliphatic carbocycles. The molecule has 0 saturated heterocycles. The largest absolute Gasteiger partial charge is 0.355 e. The van der Waals surface area contributed by atoms with Crippen molar-refractivity contribution < 1.29 is 9.59 Å². The molecule has 1 aliphatic rings. The van der Waals surface area contributed by atoms with Crippen LogP contribution in [0.3, 0.4) is 0 Å². The van der Waals surface area contributed by atoms with E-state index in [9.17, 15) is 9.59 Å². The van der Waals surface area contributed by atoms with E-state index in [1.54, 1.807) is 4.90 Å². The Labute approximate surface area is 120 Å². The molecule has 4 heteroatoms. The van der Waals surface area contributed by atoms with E-state index in [0.29, 0.717) is 13.1 Å². The molecule has 4 nitrogen and oxygen atoms in total. The van der Waals surface area contributed by atoms with E-state index in [4.69, 9.17) is 0 Å². The minimum atomic E-state index is -0.385. The summed E-state index contributed by atoms with van der Waals surface area (Å²) >= 11 is 0. The smallest absolute Gasteiger partial charge is 0.239 e. The van der Waals surface area contributed by atoms with Gasteiger partial charge in [-0.05, 0) is 32.3 Å². The summed E-state index contributed by atoms with van der Waals surface area (Å²) in [5, 5.41) is 2.74. The Morgan fingerprint density at radius 2 is 1.85 bits per heavy atom. The molecular weight excluding hydrogens is 252 g/mol. The maximum Gasteiger partial charge on any atom is 0.239 e. The van der Waals surface area contributed by atoms with E-state index >= 15 is 0 Å². The lowest BCUT2D eigenvalue weighted by Crippen LogP contribution is -2.45. The Bertz CT molecular complexity index is 481. The zero-order valence-electron chi connectivity index (χ0n) is 12.2. The van der Waals surface area contributed by atoms with E-state index in [-0.39, 0.29) is 23.8 Å². The Balaban J connectivity index is 2.11. The lowest BCUT2D eigenvalue weighted by molar-refractivity contribution is -0.138. The molecule has 0 aromatic heterocycles. The maximum atomic E-state index is 12.7. The van der Waals surface area contributed by atoms with Gasteiger partial charge in [-0.1, -0.05) is 30.3 Å². The van der Waals surface area contributed by atoms with Crippen LogP contribution < -0.4 is 5.32 Å². The molecule has 1 N–H and O–H groups in total. The van der Waals surface area contributed by atoms with Crippen LogP contribution >= 0.6 is 0 Å². The Morgan fingerprint density at radius 1 is 1.20 bits per heavy atom. The molecule has 0 heterocycles. The van der Waals surface area contributed by atoms with Crippen molar-refractivity contribution in [2.75, 3.05) is 19.6 Å². The van der Waals surface area contributed by atoms with Crippen LogP contribution in [0.25, 0.3) is 0 Å². The third-order valence-electron chi connectivity index (χ3n) is 3.86. The lowest BCUT2D eigenvalue weighted by atomic mass is 9.94. The minimum absolute atomic E-state index is 0.0810. The van der Waals surface area contributed by atoms with Crippen molar-refractivity contribution in [1.82, 2.24) is 10.2 Å². The highest BCUT2D eigenvalue weighted by molar-refractivity contribution is 5.94. The van der Waals surface area contributed by atoms with Gasteiger partial charge >= 0.3 is 0 Å². The number of benzene rings is 1.